The summed E-state index contributed by atoms with van der Waals surface area (Å²) in [6.07, 6.45) is 1.88. The van der Waals surface area contributed by atoms with Crippen molar-refractivity contribution < 1.29 is 5.11 Å². The predicted molar refractivity (Wildman–Crippen MR) is 52.6 cm³/mol. The lowest BCUT2D eigenvalue weighted by Gasteiger charge is -1.94. The molecule has 1 N–H and O–H groups in total. The third kappa shape index (κ3) is 1.79. The van der Waals surface area contributed by atoms with Crippen molar-refractivity contribution in [2.45, 2.75) is 6.54 Å². The van der Waals surface area contributed by atoms with Crippen LogP contribution in [0.2, 0.25) is 0 Å². The van der Waals surface area contributed by atoms with Crippen molar-refractivity contribution in [1.29, 1.82) is 0 Å². The topological polar surface area (TPSA) is 38.0 Å². The zero-order valence-corrected chi connectivity index (χ0v) is 7.87. The van der Waals surface area contributed by atoms with Gasteiger partial charge in [-0.3, -0.25) is 4.68 Å². The Labute approximate surface area is 80.3 Å². The van der Waals surface area contributed by atoms with Crippen LogP contribution in [0, 0.1) is 0 Å². The molecule has 0 aromatic carbocycles. The minimum Gasteiger partial charge on any atom is -0.394 e. The van der Waals surface area contributed by atoms with E-state index in [1.807, 2.05) is 23.7 Å². The standard InChI is InChI=1S/C9H10N2OS/c12-5-4-11-3-1-9(10-11)8-2-6-13-7-8/h1-3,6-7,12H,4-5H2. The van der Waals surface area contributed by atoms with E-state index in [9.17, 15) is 0 Å². The van der Waals surface area contributed by atoms with E-state index in [0.717, 1.165) is 11.3 Å². The number of aliphatic hydroxyl groups is 1. The maximum atomic E-state index is 8.70. The molecular formula is C9H10N2OS. The number of rotatable bonds is 3. The Morgan fingerprint density at radius 2 is 2.38 bits per heavy atom. The van der Waals surface area contributed by atoms with Crippen LogP contribution in [0.5, 0.6) is 0 Å². The molecule has 2 aromatic rings. The van der Waals surface area contributed by atoms with Crippen LogP contribution in [0.3, 0.4) is 0 Å². The minimum atomic E-state index is 0.130. The van der Waals surface area contributed by atoms with Crippen LogP contribution in [0.25, 0.3) is 11.3 Å². The van der Waals surface area contributed by atoms with Crippen molar-refractivity contribution in [3.8, 4) is 11.3 Å². The Hall–Kier alpha value is -1.13. The summed E-state index contributed by atoms with van der Waals surface area (Å²) in [4.78, 5) is 0. The lowest BCUT2D eigenvalue weighted by molar-refractivity contribution is 0.269. The predicted octanol–water partition coefficient (Wildman–Crippen LogP) is 1.60. The number of hydrogen-bond donors (Lipinski definition) is 1. The maximum Gasteiger partial charge on any atom is 0.0931 e. The van der Waals surface area contributed by atoms with Gasteiger partial charge in [-0.15, -0.1) is 0 Å². The number of nitrogens with zero attached hydrogens (tertiary/aromatic N) is 2. The molecule has 0 unspecified atom stereocenters. The van der Waals surface area contributed by atoms with E-state index in [1.54, 1.807) is 16.0 Å². The summed E-state index contributed by atoms with van der Waals surface area (Å²) in [5, 5.41) is 17.1. The van der Waals surface area contributed by atoms with Gasteiger partial charge >= 0.3 is 0 Å². The fraction of sp³-hybridized carbons (Fsp3) is 0.222. The second-order valence-corrected chi connectivity index (χ2v) is 3.48. The number of aliphatic hydroxyl groups excluding tert-OH is 1. The van der Waals surface area contributed by atoms with Gasteiger partial charge in [0.05, 0.1) is 18.8 Å². The summed E-state index contributed by atoms with van der Waals surface area (Å²) < 4.78 is 1.74. The van der Waals surface area contributed by atoms with Crippen molar-refractivity contribution >= 4 is 11.3 Å². The van der Waals surface area contributed by atoms with E-state index in [1.165, 1.54) is 0 Å². The Morgan fingerprint density at radius 1 is 1.46 bits per heavy atom. The van der Waals surface area contributed by atoms with Gasteiger partial charge in [-0.05, 0) is 17.5 Å². The van der Waals surface area contributed by atoms with Crippen LogP contribution in [-0.4, -0.2) is 21.5 Å². The zero-order chi connectivity index (χ0) is 9.10. The largest absolute Gasteiger partial charge is 0.394 e. The molecule has 0 spiro atoms. The zero-order valence-electron chi connectivity index (χ0n) is 7.05. The van der Waals surface area contributed by atoms with E-state index in [0.29, 0.717) is 6.54 Å². The molecular weight excluding hydrogens is 184 g/mol. The van der Waals surface area contributed by atoms with Crippen molar-refractivity contribution in [2.24, 2.45) is 0 Å². The molecule has 0 aliphatic heterocycles. The number of hydrogen-bond acceptors (Lipinski definition) is 3. The highest BCUT2D eigenvalue weighted by Gasteiger charge is 2.01. The van der Waals surface area contributed by atoms with Crippen LogP contribution in [0.1, 0.15) is 0 Å². The van der Waals surface area contributed by atoms with E-state index in [4.69, 9.17) is 5.11 Å². The highest BCUT2D eigenvalue weighted by atomic mass is 32.1. The molecule has 68 valence electrons. The van der Waals surface area contributed by atoms with Gasteiger partial charge in [-0.1, -0.05) is 0 Å². The summed E-state index contributed by atoms with van der Waals surface area (Å²) in [6.45, 7) is 0.689. The smallest absolute Gasteiger partial charge is 0.0931 e. The van der Waals surface area contributed by atoms with Gasteiger partial charge in [0.2, 0.25) is 0 Å². The molecule has 2 aromatic heterocycles. The number of aromatic nitrogens is 2. The Morgan fingerprint density at radius 3 is 3.08 bits per heavy atom. The molecule has 0 atom stereocenters. The van der Waals surface area contributed by atoms with Crippen LogP contribution < -0.4 is 0 Å². The molecule has 0 aliphatic rings. The van der Waals surface area contributed by atoms with Gasteiger partial charge in [0, 0.05) is 17.1 Å². The van der Waals surface area contributed by atoms with E-state index < -0.39 is 0 Å². The molecule has 4 heteroatoms. The molecule has 0 saturated heterocycles. The van der Waals surface area contributed by atoms with Crippen LogP contribution in [0.15, 0.2) is 29.1 Å². The second-order valence-electron chi connectivity index (χ2n) is 2.70. The first-order chi connectivity index (χ1) is 6.40. The average molecular weight is 194 g/mol. The SMILES string of the molecule is OCCn1ccc(-c2ccsc2)n1. The van der Waals surface area contributed by atoms with Gasteiger partial charge in [0.15, 0.2) is 0 Å². The summed E-state index contributed by atoms with van der Waals surface area (Å²) in [6, 6.07) is 3.99. The van der Waals surface area contributed by atoms with Crippen molar-refractivity contribution in [3.63, 3.8) is 0 Å². The van der Waals surface area contributed by atoms with Crippen molar-refractivity contribution in [3.05, 3.63) is 29.1 Å². The first-order valence-corrected chi connectivity index (χ1v) is 5.01. The lowest BCUT2D eigenvalue weighted by atomic mass is 10.2. The van der Waals surface area contributed by atoms with Crippen molar-refractivity contribution in [1.82, 2.24) is 9.78 Å². The molecule has 3 nitrogen and oxygen atoms in total. The van der Waals surface area contributed by atoms with E-state index >= 15 is 0 Å². The van der Waals surface area contributed by atoms with Gasteiger partial charge in [0.25, 0.3) is 0 Å². The highest BCUT2D eigenvalue weighted by molar-refractivity contribution is 7.08. The fourth-order valence-corrected chi connectivity index (χ4v) is 1.80. The third-order valence-electron chi connectivity index (χ3n) is 1.79. The first kappa shape index (κ1) is 8.47. The van der Waals surface area contributed by atoms with E-state index in [2.05, 4.69) is 10.5 Å². The van der Waals surface area contributed by atoms with Gasteiger partial charge in [-0.25, -0.2) is 0 Å². The Bertz CT molecular complexity index is 367. The van der Waals surface area contributed by atoms with Gasteiger partial charge in [0.1, 0.15) is 0 Å². The molecule has 0 fully saturated rings. The first-order valence-electron chi connectivity index (χ1n) is 4.07. The van der Waals surface area contributed by atoms with Crippen LogP contribution in [0.4, 0.5) is 0 Å². The summed E-state index contributed by atoms with van der Waals surface area (Å²) in [7, 11) is 0. The van der Waals surface area contributed by atoms with Crippen molar-refractivity contribution in [2.75, 3.05) is 6.61 Å². The summed E-state index contributed by atoms with van der Waals surface area (Å²) in [5.74, 6) is 0. The van der Waals surface area contributed by atoms with Crippen LogP contribution >= 0.6 is 11.3 Å². The normalized spacial score (nSPS) is 10.5. The molecule has 0 saturated carbocycles. The highest BCUT2D eigenvalue weighted by Crippen LogP contribution is 2.19. The molecule has 13 heavy (non-hydrogen) atoms. The summed E-state index contributed by atoms with van der Waals surface area (Å²) >= 11 is 1.66. The van der Waals surface area contributed by atoms with Crippen LogP contribution in [-0.2, 0) is 6.54 Å². The van der Waals surface area contributed by atoms with E-state index in [-0.39, 0.29) is 6.61 Å². The molecule has 0 bridgehead atoms. The molecule has 0 aliphatic carbocycles. The fourth-order valence-electron chi connectivity index (χ4n) is 1.15. The molecule has 0 radical (unpaired) electrons. The second kappa shape index (κ2) is 3.72. The average Bonchev–Trinajstić information content (AvgIpc) is 2.70. The Balaban J connectivity index is 2.23. The maximum absolute atomic E-state index is 8.70. The monoisotopic (exact) mass is 194 g/mol. The Kier molecular flexibility index (Phi) is 2.42. The van der Waals surface area contributed by atoms with Gasteiger partial charge < -0.3 is 5.11 Å². The van der Waals surface area contributed by atoms with Gasteiger partial charge in [-0.2, -0.15) is 16.4 Å². The third-order valence-corrected chi connectivity index (χ3v) is 2.47. The quantitative estimate of drug-likeness (QED) is 0.806. The molecule has 2 heterocycles. The minimum absolute atomic E-state index is 0.130. The number of thiophene rings is 1. The summed E-state index contributed by atoms with van der Waals surface area (Å²) in [5.41, 5.74) is 2.11. The molecule has 2 rings (SSSR count). The molecule has 0 amide bonds. The lowest BCUT2D eigenvalue weighted by Crippen LogP contribution is -2.01.